The summed E-state index contributed by atoms with van der Waals surface area (Å²) in [4.78, 5) is 16.3. The fourth-order valence-electron chi connectivity index (χ4n) is 1.89. The van der Waals surface area contributed by atoms with Gasteiger partial charge in [0.15, 0.2) is 0 Å². The summed E-state index contributed by atoms with van der Waals surface area (Å²) >= 11 is 5.93. The van der Waals surface area contributed by atoms with Gasteiger partial charge < -0.3 is 10.1 Å². The molecule has 0 bridgehead atoms. The molecule has 2 rings (SSSR count). The molecule has 1 N–H and O–H groups in total. The van der Waals surface area contributed by atoms with Gasteiger partial charge in [-0.3, -0.25) is 4.79 Å². The van der Waals surface area contributed by atoms with Crippen molar-refractivity contribution in [3.63, 3.8) is 0 Å². The van der Waals surface area contributed by atoms with Crippen LogP contribution in [-0.2, 0) is 9.53 Å². The van der Waals surface area contributed by atoms with Gasteiger partial charge in [-0.15, -0.1) is 0 Å². The van der Waals surface area contributed by atoms with Crippen LogP contribution < -0.4 is 5.32 Å². The molecule has 0 aromatic carbocycles. The van der Waals surface area contributed by atoms with E-state index in [9.17, 15) is 4.79 Å². The van der Waals surface area contributed by atoms with Gasteiger partial charge >= 0.3 is 5.97 Å². The predicted octanol–water partition coefficient (Wildman–Crippen LogP) is 2.68. The van der Waals surface area contributed by atoms with E-state index in [1.807, 2.05) is 39.0 Å². The van der Waals surface area contributed by atoms with Crippen LogP contribution in [0, 0.1) is 5.41 Å². The van der Waals surface area contributed by atoms with Crippen molar-refractivity contribution in [3.05, 3.63) is 35.1 Å². The number of esters is 1. The first kappa shape index (κ1) is 15.0. The van der Waals surface area contributed by atoms with Gasteiger partial charge in [0.1, 0.15) is 11.3 Å². The summed E-state index contributed by atoms with van der Waals surface area (Å²) in [5.74, 6) is -0.223. The van der Waals surface area contributed by atoms with E-state index < -0.39 is 5.41 Å². The van der Waals surface area contributed by atoms with Crippen LogP contribution in [0.25, 0.3) is 5.57 Å². The number of nitrogens with one attached hydrogen (secondary N) is 1. The van der Waals surface area contributed by atoms with Crippen molar-refractivity contribution in [1.82, 2.24) is 10.3 Å². The second kappa shape index (κ2) is 5.94. The molecule has 1 atom stereocenters. The van der Waals surface area contributed by atoms with E-state index in [1.165, 1.54) is 0 Å². The number of hydrogen-bond acceptors (Lipinski definition) is 4. The maximum Gasteiger partial charge on any atom is 0.311 e. The van der Waals surface area contributed by atoms with Crippen molar-refractivity contribution < 1.29 is 9.53 Å². The molecule has 5 heteroatoms. The molecule has 4 nitrogen and oxygen atoms in total. The maximum absolute atomic E-state index is 12.1. The van der Waals surface area contributed by atoms with E-state index >= 15 is 0 Å². The van der Waals surface area contributed by atoms with E-state index in [-0.39, 0.29) is 12.1 Å². The number of nitrogens with zero attached hydrogens (tertiary/aromatic N) is 1. The zero-order chi connectivity index (χ0) is 14.8. The smallest absolute Gasteiger partial charge is 0.311 e. The molecule has 0 fully saturated rings. The Kier molecular flexibility index (Phi) is 4.45. The standard InChI is InChI=1S/C15H19ClN2O2/c1-15(2,3)14(19)20-12-9-17-8-7-10(12)11-5-4-6-13(16)18-11/h4-7,12,17H,8-9H2,1-3H3/t12-/m0/s1. The van der Waals surface area contributed by atoms with Gasteiger partial charge in [-0.25, -0.2) is 4.98 Å². The number of carbonyl (C=O) groups is 1. The van der Waals surface area contributed by atoms with E-state index in [0.717, 1.165) is 17.8 Å². The highest BCUT2D eigenvalue weighted by Gasteiger charge is 2.29. The number of rotatable bonds is 2. The van der Waals surface area contributed by atoms with Gasteiger partial charge in [-0.2, -0.15) is 0 Å². The van der Waals surface area contributed by atoms with Crippen LogP contribution in [0.15, 0.2) is 24.3 Å². The summed E-state index contributed by atoms with van der Waals surface area (Å²) in [6.07, 6.45) is 1.66. The van der Waals surface area contributed by atoms with Crippen LogP contribution in [0.3, 0.4) is 0 Å². The lowest BCUT2D eigenvalue weighted by atomic mass is 9.96. The maximum atomic E-state index is 12.1. The first-order valence-corrected chi connectivity index (χ1v) is 7.00. The first-order valence-electron chi connectivity index (χ1n) is 6.63. The van der Waals surface area contributed by atoms with Crippen molar-refractivity contribution >= 4 is 23.1 Å². The van der Waals surface area contributed by atoms with E-state index in [4.69, 9.17) is 16.3 Å². The Bertz CT molecular complexity index is 535. The lowest BCUT2D eigenvalue weighted by Crippen LogP contribution is -2.38. The molecular weight excluding hydrogens is 276 g/mol. The van der Waals surface area contributed by atoms with Gasteiger partial charge in [-0.1, -0.05) is 23.7 Å². The molecule has 108 valence electrons. The number of carbonyl (C=O) groups excluding carboxylic acids is 1. The minimum Gasteiger partial charge on any atom is -0.456 e. The lowest BCUT2D eigenvalue weighted by molar-refractivity contribution is -0.155. The minimum absolute atomic E-state index is 0.223. The Labute approximate surface area is 124 Å². The fraction of sp³-hybridized carbons (Fsp3) is 0.467. The molecule has 0 spiro atoms. The average molecular weight is 295 g/mol. The molecule has 0 aliphatic carbocycles. The van der Waals surface area contributed by atoms with Crippen LogP contribution in [0.2, 0.25) is 5.15 Å². The minimum atomic E-state index is -0.523. The lowest BCUT2D eigenvalue weighted by Gasteiger charge is -2.28. The zero-order valence-electron chi connectivity index (χ0n) is 11.9. The average Bonchev–Trinajstić information content (AvgIpc) is 2.38. The highest BCUT2D eigenvalue weighted by Crippen LogP contribution is 2.25. The number of aromatic nitrogens is 1. The van der Waals surface area contributed by atoms with Crippen LogP contribution in [-0.4, -0.2) is 30.1 Å². The third kappa shape index (κ3) is 3.58. The van der Waals surface area contributed by atoms with Gasteiger partial charge in [0.2, 0.25) is 0 Å². The third-order valence-corrected chi connectivity index (χ3v) is 3.23. The summed E-state index contributed by atoms with van der Waals surface area (Å²) in [6, 6.07) is 5.44. The fourth-order valence-corrected chi connectivity index (χ4v) is 2.05. The molecule has 0 saturated carbocycles. The van der Waals surface area contributed by atoms with E-state index in [0.29, 0.717) is 11.7 Å². The number of ether oxygens (including phenoxy) is 1. The van der Waals surface area contributed by atoms with Crippen molar-refractivity contribution in [3.8, 4) is 0 Å². The van der Waals surface area contributed by atoms with Crippen molar-refractivity contribution in [1.29, 1.82) is 0 Å². The van der Waals surface area contributed by atoms with Gasteiger partial charge in [0.25, 0.3) is 0 Å². The topological polar surface area (TPSA) is 51.2 Å². The highest BCUT2D eigenvalue weighted by molar-refractivity contribution is 6.29. The Morgan fingerprint density at radius 2 is 2.20 bits per heavy atom. The van der Waals surface area contributed by atoms with Crippen molar-refractivity contribution in [2.75, 3.05) is 13.1 Å². The molecule has 0 amide bonds. The second-order valence-electron chi connectivity index (χ2n) is 5.81. The van der Waals surface area contributed by atoms with Crippen LogP contribution in [0.4, 0.5) is 0 Å². The molecule has 0 unspecified atom stereocenters. The highest BCUT2D eigenvalue weighted by atomic mass is 35.5. The van der Waals surface area contributed by atoms with Crippen LogP contribution in [0.5, 0.6) is 0 Å². The molecule has 0 saturated heterocycles. The molecule has 1 aromatic rings. The number of pyridine rings is 1. The monoisotopic (exact) mass is 294 g/mol. The largest absolute Gasteiger partial charge is 0.456 e. The first-order chi connectivity index (χ1) is 9.38. The summed E-state index contributed by atoms with van der Waals surface area (Å²) in [6.45, 7) is 6.83. The summed E-state index contributed by atoms with van der Waals surface area (Å²) in [5.41, 5.74) is 1.14. The normalized spacial score (nSPS) is 19.4. The molecule has 0 radical (unpaired) electrons. The molecule has 1 aliphatic heterocycles. The molecule has 20 heavy (non-hydrogen) atoms. The van der Waals surface area contributed by atoms with Gasteiger partial charge in [0, 0.05) is 18.7 Å². The van der Waals surface area contributed by atoms with Gasteiger partial charge in [0.05, 0.1) is 11.1 Å². The molecule has 1 aromatic heterocycles. The van der Waals surface area contributed by atoms with Crippen LogP contribution in [0.1, 0.15) is 26.5 Å². The summed E-state index contributed by atoms with van der Waals surface area (Å²) < 4.78 is 5.61. The number of halogens is 1. The number of hydrogen-bond donors (Lipinski definition) is 1. The van der Waals surface area contributed by atoms with Crippen LogP contribution >= 0.6 is 11.6 Å². The summed E-state index contributed by atoms with van der Waals surface area (Å²) in [7, 11) is 0. The van der Waals surface area contributed by atoms with E-state index in [1.54, 1.807) is 6.07 Å². The third-order valence-electron chi connectivity index (χ3n) is 3.02. The quantitative estimate of drug-likeness (QED) is 0.673. The Morgan fingerprint density at radius 1 is 1.45 bits per heavy atom. The second-order valence-corrected chi connectivity index (χ2v) is 6.19. The molecule has 1 aliphatic rings. The SMILES string of the molecule is CC(C)(C)C(=O)O[C@H]1CNCC=C1c1cccc(Cl)n1. The molecular formula is C15H19ClN2O2. The molecule has 2 heterocycles. The van der Waals surface area contributed by atoms with E-state index in [2.05, 4.69) is 10.3 Å². The van der Waals surface area contributed by atoms with Crippen molar-refractivity contribution in [2.45, 2.75) is 26.9 Å². The Hall–Kier alpha value is -1.39. The Morgan fingerprint density at radius 3 is 2.85 bits per heavy atom. The van der Waals surface area contributed by atoms with Gasteiger partial charge in [-0.05, 0) is 32.9 Å². The zero-order valence-corrected chi connectivity index (χ0v) is 12.7. The Balaban J connectivity index is 2.22. The van der Waals surface area contributed by atoms with Crippen molar-refractivity contribution in [2.24, 2.45) is 5.41 Å². The summed E-state index contributed by atoms with van der Waals surface area (Å²) in [5, 5.41) is 3.62. The predicted molar refractivity (Wildman–Crippen MR) is 79.4 cm³/mol.